The van der Waals surface area contributed by atoms with Gasteiger partial charge >= 0.3 is 0 Å². The van der Waals surface area contributed by atoms with Crippen molar-refractivity contribution in [2.24, 2.45) is 0 Å². The van der Waals surface area contributed by atoms with Crippen molar-refractivity contribution in [3.05, 3.63) is 34.7 Å². The fourth-order valence-electron chi connectivity index (χ4n) is 2.30. The average Bonchev–Trinajstić information content (AvgIpc) is 3.02. The van der Waals surface area contributed by atoms with Crippen molar-refractivity contribution in [2.75, 3.05) is 31.2 Å². The zero-order valence-corrected chi connectivity index (χ0v) is 14.2. The van der Waals surface area contributed by atoms with Crippen LogP contribution in [0.5, 0.6) is 0 Å². The van der Waals surface area contributed by atoms with Crippen LogP contribution in [0.4, 0.5) is 5.13 Å². The number of benzene rings is 1. The molecular formula is C17H24N2OS. The number of aromatic nitrogens is 1. The summed E-state index contributed by atoms with van der Waals surface area (Å²) in [5.74, 6) is 0. The fourth-order valence-corrected chi connectivity index (χ4v) is 3.18. The summed E-state index contributed by atoms with van der Waals surface area (Å²) in [5.41, 5.74) is 4.90. The fraction of sp³-hybridized carbons (Fsp3) is 0.471. The van der Waals surface area contributed by atoms with Crippen LogP contribution in [-0.4, -0.2) is 31.3 Å². The van der Waals surface area contributed by atoms with E-state index in [-0.39, 0.29) is 0 Å². The predicted molar refractivity (Wildman–Crippen MR) is 91.4 cm³/mol. The molecule has 4 heteroatoms. The Kier molecular flexibility index (Phi) is 5.76. The van der Waals surface area contributed by atoms with Gasteiger partial charge in [0.05, 0.1) is 18.9 Å². The van der Waals surface area contributed by atoms with Crippen molar-refractivity contribution in [1.82, 2.24) is 4.98 Å². The van der Waals surface area contributed by atoms with E-state index in [1.807, 2.05) is 13.8 Å². The van der Waals surface area contributed by atoms with Crippen LogP contribution in [-0.2, 0) is 4.74 Å². The van der Waals surface area contributed by atoms with E-state index in [1.165, 1.54) is 16.7 Å². The molecule has 0 aliphatic carbocycles. The highest BCUT2D eigenvalue weighted by Gasteiger charge is 2.15. The monoisotopic (exact) mass is 304 g/mol. The molecule has 1 fully saturated rings. The lowest BCUT2D eigenvalue weighted by Gasteiger charge is -2.26. The number of hydrogen-bond donors (Lipinski definition) is 0. The summed E-state index contributed by atoms with van der Waals surface area (Å²) in [4.78, 5) is 7.10. The lowest BCUT2D eigenvalue weighted by atomic mass is 10.0. The number of rotatable bonds is 2. The van der Waals surface area contributed by atoms with Crippen molar-refractivity contribution in [3.63, 3.8) is 0 Å². The van der Waals surface area contributed by atoms with Crippen molar-refractivity contribution >= 4 is 16.5 Å². The summed E-state index contributed by atoms with van der Waals surface area (Å²) in [6, 6.07) is 6.53. The number of aryl methyl sites for hydroxylation is 2. The Morgan fingerprint density at radius 3 is 2.57 bits per heavy atom. The molecule has 0 atom stereocenters. The van der Waals surface area contributed by atoms with E-state index >= 15 is 0 Å². The Labute approximate surface area is 131 Å². The van der Waals surface area contributed by atoms with Gasteiger partial charge in [0.1, 0.15) is 0 Å². The lowest BCUT2D eigenvalue weighted by Crippen LogP contribution is -2.36. The van der Waals surface area contributed by atoms with Crippen molar-refractivity contribution in [1.29, 1.82) is 0 Å². The molecule has 1 aromatic heterocycles. The SMILES string of the molecule is CC.Cc1ccc(C)c(-c2csc(N3CCOCC3)n2)c1. The van der Waals surface area contributed by atoms with Crippen LogP contribution >= 0.6 is 11.3 Å². The zero-order valence-electron chi connectivity index (χ0n) is 13.3. The molecule has 0 bridgehead atoms. The second-order valence-corrected chi connectivity index (χ2v) is 5.77. The Morgan fingerprint density at radius 2 is 1.86 bits per heavy atom. The molecule has 3 rings (SSSR count). The van der Waals surface area contributed by atoms with Crippen LogP contribution in [0.25, 0.3) is 11.3 Å². The Bertz CT molecular complexity index is 574. The molecule has 2 heterocycles. The molecule has 0 amide bonds. The normalized spacial score (nSPS) is 14.6. The maximum absolute atomic E-state index is 5.38. The maximum Gasteiger partial charge on any atom is 0.186 e. The molecule has 1 aliphatic rings. The minimum absolute atomic E-state index is 0.804. The molecule has 0 N–H and O–H groups in total. The first-order valence-electron chi connectivity index (χ1n) is 7.60. The quantitative estimate of drug-likeness (QED) is 0.827. The van der Waals surface area contributed by atoms with Crippen molar-refractivity contribution in [3.8, 4) is 11.3 Å². The van der Waals surface area contributed by atoms with Crippen molar-refractivity contribution < 1.29 is 4.74 Å². The van der Waals surface area contributed by atoms with E-state index in [1.54, 1.807) is 11.3 Å². The van der Waals surface area contributed by atoms with Crippen molar-refractivity contribution in [2.45, 2.75) is 27.7 Å². The van der Waals surface area contributed by atoms with E-state index in [0.717, 1.165) is 37.1 Å². The highest BCUT2D eigenvalue weighted by Crippen LogP contribution is 2.30. The van der Waals surface area contributed by atoms with Gasteiger partial charge in [-0.15, -0.1) is 11.3 Å². The van der Waals surface area contributed by atoms with Gasteiger partial charge in [0.25, 0.3) is 0 Å². The highest BCUT2D eigenvalue weighted by molar-refractivity contribution is 7.14. The topological polar surface area (TPSA) is 25.4 Å². The van der Waals surface area contributed by atoms with E-state index in [2.05, 4.69) is 42.3 Å². The second kappa shape index (κ2) is 7.57. The molecule has 21 heavy (non-hydrogen) atoms. The average molecular weight is 304 g/mol. The van der Waals surface area contributed by atoms with Gasteiger partial charge in [-0.1, -0.05) is 31.5 Å². The zero-order chi connectivity index (χ0) is 15.2. The molecular weight excluding hydrogens is 280 g/mol. The number of thiazole rings is 1. The van der Waals surface area contributed by atoms with Gasteiger partial charge in [0, 0.05) is 24.0 Å². The van der Waals surface area contributed by atoms with Crippen LogP contribution in [0.2, 0.25) is 0 Å². The molecule has 2 aromatic rings. The third-order valence-electron chi connectivity index (χ3n) is 3.44. The van der Waals surface area contributed by atoms with Gasteiger partial charge < -0.3 is 9.64 Å². The number of anilines is 1. The van der Waals surface area contributed by atoms with Gasteiger partial charge in [-0.3, -0.25) is 0 Å². The smallest absolute Gasteiger partial charge is 0.186 e. The van der Waals surface area contributed by atoms with Crippen LogP contribution in [0, 0.1) is 13.8 Å². The highest BCUT2D eigenvalue weighted by atomic mass is 32.1. The largest absolute Gasteiger partial charge is 0.378 e. The number of hydrogen-bond acceptors (Lipinski definition) is 4. The van der Waals surface area contributed by atoms with E-state index < -0.39 is 0 Å². The summed E-state index contributed by atoms with van der Waals surface area (Å²) in [6.07, 6.45) is 0. The molecule has 0 spiro atoms. The van der Waals surface area contributed by atoms with Crippen LogP contribution in [0.15, 0.2) is 23.6 Å². The molecule has 0 unspecified atom stereocenters. The number of ether oxygens (including phenoxy) is 1. The summed E-state index contributed by atoms with van der Waals surface area (Å²) in [6.45, 7) is 11.8. The first-order chi connectivity index (χ1) is 10.2. The maximum atomic E-state index is 5.38. The van der Waals surface area contributed by atoms with E-state index in [9.17, 15) is 0 Å². The number of nitrogens with zero attached hydrogens (tertiary/aromatic N) is 2. The lowest BCUT2D eigenvalue weighted by molar-refractivity contribution is 0.122. The van der Waals surface area contributed by atoms with Gasteiger partial charge in [0.2, 0.25) is 0 Å². The molecule has 0 saturated carbocycles. The molecule has 1 aromatic carbocycles. The second-order valence-electron chi connectivity index (χ2n) is 4.93. The predicted octanol–water partition coefficient (Wildman–Crippen LogP) is 4.29. The van der Waals surface area contributed by atoms with Gasteiger partial charge in [-0.05, 0) is 25.5 Å². The molecule has 114 valence electrons. The van der Waals surface area contributed by atoms with E-state index in [0.29, 0.717) is 0 Å². The Morgan fingerprint density at radius 1 is 1.14 bits per heavy atom. The summed E-state index contributed by atoms with van der Waals surface area (Å²) in [7, 11) is 0. The minimum Gasteiger partial charge on any atom is -0.378 e. The van der Waals surface area contributed by atoms with Gasteiger partial charge in [-0.2, -0.15) is 0 Å². The summed E-state index contributed by atoms with van der Waals surface area (Å²) < 4.78 is 5.38. The van der Waals surface area contributed by atoms with Gasteiger partial charge in [-0.25, -0.2) is 4.98 Å². The third kappa shape index (κ3) is 3.83. The van der Waals surface area contributed by atoms with E-state index in [4.69, 9.17) is 9.72 Å². The molecule has 0 radical (unpaired) electrons. The summed E-state index contributed by atoms with van der Waals surface area (Å²) >= 11 is 1.72. The number of morpholine rings is 1. The molecule has 3 nitrogen and oxygen atoms in total. The first kappa shape index (κ1) is 16.0. The minimum atomic E-state index is 0.804. The van der Waals surface area contributed by atoms with Crippen LogP contribution in [0.3, 0.4) is 0 Å². The third-order valence-corrected chi connectivity index (χ3v) is 4.34. The van der Waals surface area contributed by atoms with Crippen LogP contribution < -0.4 is 4.90 Å². The van der Waals surface area contributed by atoms with Crippen LogP contribution in [0.1, 0.15) is 25.0 Å². The summed E-state index contributed by atoms with van der Waals surface area (Å²) in [5, 5.41) is 3.27. The first-order valence-corrected chi connectivity index (χ1v) is 8.48. The van der Waals surface area contributed by atoms with Gasteiger partial charge in [0.15, 0.2) is 5.13 Å². The Hall–Kier alpha value is -1.39. The Balaban J connectivity index is 0.000000774. The molecule has 1 saturated heterocycles. The standard InChI is InChI=1S/C15H18N2OS.C2H6/c1-11-3-4-12(2)13(9-11)14-10-19-15(16-14)17-5-7-18-8-6-17;1-2/h3-4,9-10H,5-8H2,1-2H3;1-2H3. The molecule has 1 aliphatic heterocycles.